The summed E-state index contributed by atoms with van der Waals surface area (Å²) in [4.78, 5) is 11.6. The molecule has 0 saturated heterocycles. The van der Waals surface area contributed by atoms with Crippen LogP contribution in [0.1, 0.15) is 12.5 Å². The third-order valence-corrected chi connectivity index (χ3v) is 3.24. The predicted octanol–water partition coefficient (Wildman–Crippen LogP) is 1.67. The van der Waals surface area contributed by atoms with Gasteiger partial charge in [0, 0.05) is 6.26 Å². The molecule has 0 saturated carbocycles. The monoisotopic (exact) mass is 254 g/mol. The van der Waals surface area contributed by atoms with Gasteiger partial charge in [0.25, 0.3) is 0 Å². The van der Waals surface area contributed by atoms with Gasteiger partial charge in [0.05, 0.1) is 17.1 Å². The molecule has 0 aliphatic carbocycles. The second kappa shape index (κ2) is 5.14. The Kier molecular flexibility index (Phi) is 4.07. The fourth-order valence-corrected chi connectivity index (χ4v) is 1.92. The molecule has 0 aliphatic rings. The van der Waals surface area contributed by atoms with Gasteiger partial charge in [-0.05, 0) is 24.6 Å². The largest absolute Gasteiger partial charge is 0.462 e. The van der Waals surface area contributed by atoms with E-state index in [1.807, 2.05) is 0 Å². The number of hydrogen-bond acceptors (Lipinski definition) is 4. The molecule has 0 unspecified atom stereocenters. The van der Waals surface area contributed by atoms with E-state index in [9.17, 15) is 13.2 Å². The fraction of sp³-hybridized carbons (Fsp3) is 0.250. The SMILES string of the molecule is C=C(C(=O)OCC)c1cccc(S(C)(=O)=O)c1. The van der Waals surface area contributed by atoms with E-state index in [0.717, 1.165) is 6.26 Å². The highest BCUT2D eigenvalue weighted by atomic mass is 32.2. The van der Waals surface area contributed by atoms with Gasteiger partial charge in [-0.1, -0.05) is 18.7 Å². The minimum atomic E-state index is -3.29. The number of hydrogen-bond donors (Lipinski definition) is 0. The molecule has 0 spiro atoms. The Bertz CT molecular complexity index is 543. The number of esters is 1. The van der Waals surface area contributed by atoms with Crippen molar-refractivity contribution in [2.45, 2.75) is 11.8 Å². The summed E-state index contributed by atoms with van der Waals surface area (Å²) in [5.41, 5.74) is 0.601. The summed E-state index contributed by atoms with van der Waals surface area (Å²) >= 11 is 0. The zero-order chi connectivity index (χ0) is 13.1. The van der Waals surface area contributed by atoms with Crippen molar-refractivity contribution in [1.82, 2.24) is 0 Å². The van der Waals surface area contributed by atoms with Crippen LogP contribution < -0.4 is 0 Å². The van der Waals surface area contributed by atoms with Crippen molar-refractivity contribution in [3.05, 3.63) is 36.4 Å². The Balaban J connectivity index is 3.09. The summed E-state index contributed by atoms with van der Waals surface area (Å²) in [5, 5.41) is 0. The van der Waals surface area contributed by atoms with Crippen LogP contribution in [-0.2, 0) is 19.4 Å². The van der Waals surface area contributed by atoms with Crippen LogP contribution in [0.2, 0.25) is 0 Å². The number of ether oxygens (including phenoxy) is 1. The molecule has 92 valence electrons. The van der Waals surface area contributed by atoms with Crippen molar-refractivity contribution in [2.24, 2.45) is 0 Å². The molecule has 5 heteroatoms. The van der Waals surface area contributed by atoms with Crippen LogP contribution in [-0.4, -0.2) is 27.2 Å². The molecule has 0 aliphatic heterocycles. The summed E-state index contributed by atoms with van der Waals surface area (Å²) in [6, 6.07) is 6.07. The number of benzene rings is 1. The molecule has 1 rings (SSSR count). The lowest BCUT2D eigenvalue weighted by atomic mass is 10.1. The molecule has 0 N–H and O–H groups in total. The predicted molar refractivity (Wildman–Crippen MR) is 65.2 cm³/mol. The number of rotatable bonds is 4. The molecule has 1 aromatic carbocycles. The molecule has 0 fully saturated rings. The molecular formula is C12H14O4S. The van der Waals surface area contributed by atoms with Gasteiger partial charge in [0.15, 0.2) is 9.84 Å². The highest BCUT2D eigenvalue weighted by Crippen LogP contribution is 2.18. The molecule has 0 radical (unpaired) electrons. The Morgan fingerprint density at radius 2 is 2.06 bits per heavy atom. The summed E-state index contributed by atoms with van der Waals surface area (Å²) in [5.74, 6) is -0.543. The minimum Gasteiger partial charge on any atom is -0.462 e. The first-order valence-corrected chi connectivity index (χ1v) is 6.92. The van der Waals surface area contributed by atoms with Crippen molar-refractivity contribution in [3.63, 3.8) is 0 Å². The third kappa shape index (κ3) is 3.42. The van der Waals surface area contributed by atoms with Crippen molar-refractivity contribution in [2.75, 3.05) is 12.9 Å². The van der Waals surface area contributed by atoms with Gasteiger partial charge < -0.3 is 4.74 Å². The van der Waals surface area contributed by atoms with Crippen molar-refractivity contribution < 1.29 is 17.9 Å². The maximum atomic E-state index is 11.4. The average Bonchev–Trinajstić information content (AvgIpc) is 2.27. The van der Waals surface area contributed by atoms with Gasteiger partial charge in [-0.15, -0.1) is 0 Å². The van der Waals surface area contributed by atoms with Crippen LogP contribution in [0.3, 0.4) is 0 Å². The van der Waals surface area contributed by atoms with Crippen LogP contribution in [0.4, 0.5) is 0 Å². The zero-order valence-electron chi connectivity index (χ0n) is 9.76. The van der Waals surface area contributed by atoms with Crippen LogP contribution >= 0.6 is 0 Å². The van der Waals surface area contributed by atoms with Crippen LogP contribution in [0, 0.1) is 0 Å². The molecule has 17 heavy (non-hydrogen) atoms. The number of carbonyl (C=O) groups excluding carboxylic acids is 1. The standard InChI is InChI=1S/C12H14O4S/c1-4-16-12(13)9(2)10-6-5-7-11(8-10)17(3,14)15/h5-8H,2,4H2,1,3H3. The molecule has 0 heterocycles. The maximum Gasteiger partial charge on any atom is 0.338 e. The first-order chi connectivity index (χ1) is 7.86. The molecule has 0 atom stereocenters. The van der Waals surface area contributed by atoms with Gasteiger partial charge in [-0.2, -0.15) is 0 Å². The van der Waals surface area contributed by atoms with Crippen LogP contribution in [0.15, 0.2) is 35.7 Å². The van der Waals surface area contributed by atoms with Gasteiger partial charge >= 0.3 is 5.97 Å². The molecular weight excluding hydrogens is 240 g/mol. The van der Waals surface area contributed by atoms with Gasteiger partial charge in [0.1, 0.15) is 0 Å². The lowest BCUT2D eigenvalue weighted by Gasteiger charge is -2.06. The molecule has 0 amide bonds. The minimum absolute atomic E-state index is 0.150. The Hall–Kier alpha value is -1.62. The number of carbonyl (C=O) groups is 1. The Morgan fingerprint density at radius 3 is 2.59 bits per heavy atom. The van der Waals surface area contributed by atoms with E-state index in [-0.39, 0.29) is 17.1 Å². The zero-order valence-corrected chi connectivity index (χ0v) is 10.6. The third-order valence-electron chi connectivity index (χ3n) is 2.13. The first kappa shape index (κ1) is 13.4. The van der Waals surface area contributed by atoms with Crippen molar-refractivity contribution in [3.8, 4) is 0 Å². The van der Waals surface area contributed by atoms with Crippen molar-refractivity contribution in [1.29, 1.82) is 0 Å². The highest BCUT2D eigenvalue weighted by molar-refractivity contribution is 7.90. The highest BCUT2D eigenvalue weighted by Gasteiger charge is 2.13. The molecule has 0 aromatic heterocycles. The summed E-state index contributed by atoms with van der Waals surface area (Å²) < 4.78 is 27.5. The van der Waals surface area contributed by atoms with E-state index in [4.69, 9.17) is 4.74 Å². The second-order valence-electron chi connectivity index (χ2n) is 3.50. The Morgan fingerprint density at radius 1 is 1.41 bits per heavy atom. The van der Waals surface area contributed by atoms with E-state index < -0.39 is 15.8 Å². The quantitative estimate of drug-likeness (QED) is 0.605. The molecule has 4 nitrogen and oxygen atoms in total. The lowest BCUT2D eigenvalue weighted by Crippen LogP contribution is -2.06. The van der Waals surface area contributed by atoms with E-state index in [1.54, 1.807) is 19.1 Å². The van der Waals surface area contributed by atoms with Crippen molar-refractivity contribution >= 4 is 21.4 Å². The lowest BCUT2D eigenvalue weighted by molar-refractivity contribution is -0.136. The number of sulfone groups is 1. The van der Waals surface area contributed by atoms with Gasteiger partial charge in [0.2, 0.25) is 0 Å². The average molecular weight is 254 g/mol. The smallest absolute Gasteiger partial charge is 0.338 e. The van der Waals surface area contributed by atoms with E-state index in [2.05, 4.69) is 6.58 Å². The first-order valence-electron chi connectivity index (χ1n) is 5.02. The summed E-state index contributed by atoms with van der Waals surface area (Å²) in [6.07, 6.45) is 1.11. The topological polar surface area (TPSA) is 60.4 Å². The second-order valence-corrected chi connectivity index (χ2v) is 5.51. The van der Waals surface area contributed by atoms with E-state index in [1.165, 1.54) is 12.1 Å². The van der Waals surface area contributed by atoms with Gasteiger partial charge in [-0.25, -0.2) is 13.2 Å². The van der Waals surface area contributed by atoms with E-state index in [0.29, 0.717) is 5.56 Å². The molecule has 0 bridgehead atoms. The van der Waals surface area contributed by atoms with Crippen LogP contribution in [0.25, 0.3) is 5.57 Å². The molecule has 1 aromatic rings. The van der Waals surface area contributed by atoms with Crippen LogP contribution in [0.5, 0.6) is 0 Å². The van der Waals surface area contributed by atoms with Gasteiger partial charge in [-0.3, -0.25) is 0 Å². The summed E-state index contributed by atoms with van der Waals surface area (Å²) in [7, 11) is -3.29. The fourth-order valence-electron chi connectivity index (χ4n) is 1.25. The maximum absolute atomic E-state index is 11.4. The normalized spacial score (nSPS) is 10.9. The summed E-state index contributed by atoms with van der Waals surface area (Å²) in [6.45, 7) is 5.54. The van der Waals surface area contributed by atoms with E-state index >= 15 is 0 Å². The Labute approximate surface area is 101 Å².